The molecule has 2 aliphatic rings. The topological polar surface area (TPSA) is 18.5 Å². The Balaban J connectivity index is 2.34. The average molecular weight is 276 g/mol. The fraction of sp³-hybridized carbons (Fsp3) is 1.00. The lowest BCUT2D eigenvalue weighted by atomic mass is 9.80. The van der Waals surface area contributed by atoms with E-state index in [4.69, 9.17) is 9.31 Å². The standard InChI is InChI=1S/C12H23BF2O2Si/c1-9(2)10(3,4)17-13(16-9)11(18(5,6)7)8-12(11,14)15/h8H2,1-7H3. The second kappa shape index (κ2) is 3.38. The zero-order valence-electron chi connectivity index (χ0n) is 12.4. The highest BCUT2D eigenvalue weighted by atomic mass is 28.3. The summed E-state index contributed by atoms with van der Waals surface area (Å²) in [6.07, 6.45) is -0.0907. The first-order chi connectivity index (χ1) is 7.77. The molecule has 0 amide bonds. The Bertz CT molecular complexity index is 363. The van der Waals surface area contributed by atoms with Crippen LogP contribution in [0.3, 0.4) is 0 Å². The molecule has 104 valence electrons. The Morgan fingerprint density at radius 3 is 1.50 bits per heavy atom. The van der Waals surface area contributed by atoms with Gasteiger partial charge in [0.1, 0.15) is 0 Å². The van der Waals surface area contributed by atoms with E-state index in [-0.39, 0.29) is 6.42 Å². The summed E-state index contributed by atoms with van der Waals surface area (Å²) in [4.78, 5) is -1.06. The quantitative estimate of drug-likeness (QED) is 0.715. The molecule has 1 aliphatic carbocycles. The van der Waals surface area contributed by atoms with Gasteiger partial charge >= 0.3 is 7.12 Å². The summed E-state index contributed by atoms with van der Waals surface area (Å²) < 4.78 is 39.7. The minimum atomic E-state index is -2.64. The summed E-state index contributed by atoms with van der Waals surface area (Å²) in [6, 6.07) is 0. The van der Waals surface area contributed by atoms with Crippen LogP contribution in [0, 0.1) is 0 Å². The van der Waals surface area contributed by atoms with Crippen LogP contribution in [0.25, 0.3) is 0 Å². The first kappa shape index (κ1) is 14.5. The molecule has 0 aromatic carbocycles. The van der Waals surface area contributed by atoms with Gasteiger partial charge in [-0.25, -0.2) is 8.78 Å². The maximum absolute atomic E-state index is 14.0. The van der Waals surface area contributed by atoms with Crippen LogP contribution in [0.2, 0.25) is 24.6 Å². The van der Waals surface area contributed by atoms with Crippen LogP contribution in [-0.2, 0) is 9.31 Å². The molecule has 1 saturated carbocycles. The number of rotatable bonds is 2. The second-order valence-electron chi connectivity index (χ2n) is 7.69. The normalized spacial score (nSPS) is 36.8. The molecule has 0 aromatic rings. The molecule has 2 fully saturated rings. The van der Waals surface area contributed by atoms with E-state index >= 15 is 0 Å². The highest BCUT2D eigenvalue weighted by Crippen LogP contribution is 2.74. The van der Waals surface area contributed by atoms with Gasteiger partial charge < -0.3 is 9.31 Å². The van der Waals surface area contributed by atoms with Crippen LogP contribution in [-0.4, -0.2) is 32.3 Å². The van der Waals surface area contributed by atoms with Crippen molar-refractivity contribution in [3.05, 3.63) is 0 Å². The van der Waals surface area contributed by atoms with Crippen LogP contribution < -0.4 is 0 Å². The molecule has 1 atom stereocenters. The van der Waals surface area contributed by atoms with Crippen molar-refractivity contribution < 1.29 is 18.1 Å². The molecule has 0 aromatic heterocycles. The van der Waals surface area contributed by atoms with E-state index < -0.39 is 37.3 Å². The van der Waals surface area contributed by atoms with Crippen molar-refractivity contribution in [2.75, 3.05) is 0 Å². The second-order valence-corrected chi connectivity index (χ2v) is 13.1. The monoisotopic (exact) mass is 276 g/mol. The van der Waals surface area contributed by atoms with E-state index in [2.05, 4.69) is 0 Å². The van der Waals surface area contributed by atoms with E-state index in [0.29, 0.717) is 0 Å². The van der Waals surface area contributed by atoms with Crippen LogP contribution in [0.15, 0.2) is 0 Å². The van der Waals surface area contributed by atoms with E-state index in [1.807, 2.05) is 47.3 Å². The van der Waals surface area contributed by atoms with Crippen molar-refractivity contribution in [3.63, 3.8) is 0 Å². The first-order valence-corrected chi connectivity index (χ1v) is 10.0. The molecule has 6 heteroatoms. The molecule has 0 N–H and O–H groups in total. The lowest BCUT2D eigenvalue weighted by Crippen LogP contribution is -2.46. The van der Waals surface area contributed by atoms with Gasteiger partial charge in [-0.05, 0) is 27.7 Å². The van der Waals surface area contributed by atoms with E-state index in [9.17, 15) is 8.78 Å². The van der Waals surface area contributed by atoms with Gasteiger partial charge in [-0.2, -0.15) is 0 Å². The lowest BCUT2D eigenvalue weighted by Gasteiger charge is -2.32. The summed E-state index contributed by atoms with van der Waals surface area (Å²) in [5.41, 5.74) is -1.08. The van der Waals surface area contributed by atoms with Crippen LogP contribution in [0.1, 0.15) is 34.1 Å². The zero-order valence-corrected chi connectivity index (χ0v) is 13.4. The number of alkyl halides is 2. The van der Waals surface area contributed by atoms with E-state index in [1.54, 1.807) is 0 Å². The van der Waals surface area contributed by atoms with Crippen LogP contribution >= 0.6 is 0 Å². The molecule has 2 rings (SSSR count). The summed E-state index contributed by atoms with van der Waals surface area (Å²) in [5.74, 6) is -2.64. The molecule has 1 heterocycles. The Morgan fingerprint density at radius 1 is 0.944 bits per heavy atom. The molecule has 0 radical (unpaired) electrons. The molecular weight excluding hydrogens is 253 g/mol. The Kier molecular flexibility index (Phi) is 2.72. The number of halogens is 2. The smallest absolute Gasteiger partial charge is 0.403 e. The lowest BCUT2D eigenvalue weighted by molar-refractivity contribution is 0.00578. The van der Waals surface area contributed by atoms with Gasteiger partial charge in [0, 0.05) is 6.42 Å². The van der Waals surface area contributed by atoms with Crippen LogP contribution in [0.4, 0.5) is 8.78 Å². The highest BCUT2D eigenvalue weighted by Gasteiger charge is 2.84. The molecule has 0 bridgehead atoms. The van der Waals surface area contributed by atoms with Crippen molar-refractivity contribution in [1.82, 2.24) is 0 Å². The van der Waals surface area contributed by atoms with Crippen molar-refractivity contribution in [3.8, 4) is 0 Å². The minimum Gasteiger partial charge on any atom is -0.403 e. The third kappa shape index (κ3) is 1.65. The third-order valence-electron chi connectivity index (χ3n) is 5.02. The van der Waals surface area contributed by atoms with Gasteiger partial charge in [0.05, 0.1) is 24.2 Å². The van der Waals surface area contributed by atoms with Gasteiger partial charge in [-0.1, -0.05) is 19.6 Å². The molecule has 1 aliphatic heterocycles. The van der Waals surface area contributed by atoms with E-state index in [0.717, 1.165) is 0 Å². The maximum atomic E-state index is 14.0. The zero-order chi connectivity index (χ0) is 14.2. The molecule has 2 nitrogen and oxygen atoms in total. The fourth-order valence-electron chi connectivity index (χ4n) is 2.77. The predicted molar refractivity (Wildman–Crippen MR) is 71.7 cm³/mol. The SMILES string of the molecule is CC1(C)OB(C2([Si](C)(C)C)CC2(F)F)OC1(C)C. The van der Waals surface area contributed by atoms with Gasteiger partial charge in [0.2, 0.25) is 5.92 Å². The summed E-state index contributed by atoms with van der Waals surface area (Å²) in [6.45, 7) is 13.5. The average Bonchev–Trinajstić information content (AvgIpc) is 2.59. The Morgan fingerprint density at radius 2 is 1.28 bits per heavy atom. The van der Waals surface area contributed by atoms with Crippen molar-refractivity contribution in [1.29, 1.82) is 0 Å². The van der Waals surface area contributed by atoms with Gasteiger partial charge in [-0.15, -0.1) is 0 Å². The van der Waals surface area contributed by atoms with Crippen molar-refractivity contribution >= 4 is 15.2 Å². The first-order valence-electron chi connectivity index (χ1n) is 6.50. The number of hydrogen-bond donors (Lipinski definition) is 0. The van der Waals surface area contributed by atoms with Gasteiger partial charge in [0.25, 0.3) is 0 Å². The van der Waals surface area contributed by atoms with E-state index in [1.165, 1.54) is 0 Å². The van der Waals surface area contributed by atoms with Crippen molar-refractivity contribution in [2.24, 2.45) is 0 Å². The molecule has 1 saturated heterocycles. The maximum Gasteiger partial charge on any atom is 0.467 e. The van der Waals surface area contributed by atoms with Gasteiger partial charge in [-0.3, -0.25) is 0 Å². The fourth-order valence-corrected chi connectivity index (χ4v) is 5.45. The highest BCUT2D eigenvalue weighted by molar-refractivity contribution is 6.91. The molecule has 1 unspecified atom stereocenters. The number of hydrogen-bond acceptors (Lipinski definition) is 2. The predicted octanol–water partition coefficient (Wildman–Crippen LogP) is 3.74. The third-order valence-corrected chi connectivity index (χ3v) is 8.48. The largest absolute Gasteiger partial charge is 0.467 e. The molecule has 18 heavy (non-hydrogen) atoms. The summed E-state index contributed by atoms with van der Waals surface area (Å²) in [7, 11) is -2.87. The van der Waals surface area contributed by atoms with Crippen molar-refractivity contribution in [2.45, 2.75) is 75.8 Å². The molecule has 0 spiro atoms. The van der Waals surface area contributed by atoms with Gasteiger partial charge in [0.15, 0.2) is 0 Å². The minimum absolute atomic E-state index is 0.0907. The Labute approximate surface area is 110 Å². The molecular formula is C12H23BF2O2Si. The summed E-state index contributed by atoms with van der Waals surface area (Å²) in [5, 5.41) is 0. The van der Waals surface area contributed by atoms with Crippen LogP contribution in [0.5, 0.6) is 0 Å². The summed E-state index contributed by atoms with van der Waals surface area (Å²) >= 11 is 0. The Hall–Kier alpha value is 0.0618.